The standard InChI is InChI=1S/C16H20ClNO3/c17-11-14(19)10-16(8-4-5-9-16)18-15(20)21-12-13-6-2-1-3-7-13/h1-3,6-7H,4-5,8-12H2,(H,18,20). The molecular formula is C16H20ClNO3. The minimum atomic E-state index is -0.472. The van der Waals surface area contributed by atoms with E-state index in [2.05, 4.69) is 5.32 Å². The first-order valence-corrected chi connectivity index (χ1v) is 7.73. The zero-order valence-electron chi connectivity index (χ0n) is 11.9. The average Bonchev–Trinajstić information content (AvgIpc) is 2.94. The van der Waals surface area contributed by atoms with Crippen molar-refractivity contribution in [2.45, 2.75) is 44.2 Å². The van der Waals surface area contributed by atoms with Gasteiger partial charge in [0.2, 0.25) is 0 Å². The monoisotopic (exact) mass is 309 g/mol. The maximum absolute atomic E-state index is 12.0. The molecule has 4 nitrogen and oxygen atoms in total. The highest BCUT2D eigenvalue weighted by molar-refractivity contribution is 6.27. The quantitative estimate of drug-likeness (QED) is 0.819. The molecule has 0 spiro atoms. The summed E-state index contributed by atoms with van der Waals surface area (Å²) in [5, 5.41) is 2.89. The van der Waals surface area contributed by atoms with Crippen LogP contribution in [0.5, 0.6) is 0 Å². The Hall–Kier alpha value is -1.55. The molecule has 1 aromatic rings. The molecule has 1 fully saturated rings. The van der Waals surface area contributed by atoms with Gasteiger partial charge in [-0.05, 0) is 18.4 Å². The molecule has 1 aromatic carbocycles. The number of amides is 1. The Morgan fingerprint density at radius 2 is 1.86 bits per heavy atom. The summed E-state index contributed by atoms with van der Waals surface area (Å²) in [7, 11) is 0. The van der Waals surface area contributed by atoms with Crippen molar-refractivity contribution in [2.24, 2.45) is 0 Å². The lowest BCUT2D eigenvalue weighted by Crippen LogP contribution is -2.48. The van der Waals surface area contributed by atoms with E-state index >= 15 is 0 Å². The van der Waals surface area contributed by atoms with E-state index in [4.69, 9.17) is 16.3 Å². The lowest BCUT2D eigenvalue weighted by molar-refractivity contribution is -0.118. The lowest BCUT2D eigenvalue weighted by Gasteiger charge is -2.29. The summed E-state index contributed by atoms with van der Waals surface area (Å²) in [4.78, 5) is 23.6. The highest BCUT2D eigenvalue weighted by Gasteiger charge is 2.37. The molecular weight excluding hydrogens is 290 g/mol. The van der Waals surface area contributed by atoms with Crippen molar-refractivity contribution < 1.29 is 14.3 Å². The molecule has 1 amide bonds. The normalized spacial score (nSPS) is 16.4. The van der Waals surface area contributed by atoms with Gasteiger partial charge < -0.3 is 10.1 Å². The number of halogens is 1. The average molecular weight is 310 g/mol. The summed E-state index contributed by atoms with van der Waals surface area (Å²) < 4.78 is 5.24. The number of alkyl carbamates (subject to hydrolysis) is 1. The summed E-state index contributed by atoms with van der Waals surface area (Å²) in [6.45, 7) is 0.228. The van der Waals surface area contributed by atoms with Gasteiger partial charge in [-0.15, -0.1) is 11.6 Å². The Kier molecular flexibility index (Phi) is 5.62. The van der Waals surface area contributed by atoms with Gasteiger partial charge in [-0.2, -0.15) is 0 Å². The van der Waals surface area contributed by atoms with Gasteiger partial charge in [0.1, 0.15) is 12.4 Å². The number of Topliss-reactive ketones (excluding diaryl/α,β-unsaturated/α-hetero) is 1. The van der Waals surface area contributed by atoms with Crippen LogP contribution in [0.2, 0.25) is 0 Å². The summed E-state index contributed by atoms with van der Waals surface area (Å²) in [5.74, 6) is -0.0513. The fourth-order valence-corrected chi connectivity index (χ4v) is 2.89. The largest absolute Gasteiger partial charge is 0.445 e. The molecule has 0 unspecified atom stereocenters. The van der Waals surface area contributed by atoms with Gasteiger partial charge in [0, 0.05) is 6.42 Å². The Labute approximate surface area is 129 Å². The number of alkyl halides is 1. The minimum absolute atomic E-state index is 0.0114. The van der Waals surface area contributed by atoms with E-state index in [-0.39, 0.29) is 24.7 Å². The number of hydrogen-bond acceptors (Lipinski definition) is 3. The number of nitrogens with one attached hydrogen (secondary N) is 1. The van der Waals surface area contributed by atoms with Crippen molar-refractivity contribution in [1.82, 2.24) is 5.32 Å². The maximum Gasteiger partial charge on any atom is 0.407 e. The lowest BCUT2D eigenvalue weighted by atomic mass is 9.91. The first-order valence-electron chi connectivity index (χ1n) is 7.20. The second-order valence-electron chi connectivity index (χ2n) is 5.52. The third-order valence-electron chi connectivity index (χ3n) is 3.83. The van der Waals surface area contributed by atoms with Crippen molar-refractivity contribution in [3.63, 3.8) is 0 Å². The van der Waals surface area contributed by atoms with Gasteiger partial charge in [0.05, 0.1) is 11.4 Å². The van der Waals surface area contributed by atoms with Crippen LogP contribution in [-0.4, -0.2) is 23.3 Å². The first kappa shape index (κ1) is 15.8. The number of benzene rings is 1. The van der Waals surface area contributed by atoms with E-state index in [1.54, 1.807) is 0 Å². The molecule has 1 aliphatic carbocycles. The number of ether oxygens (including phenoxy) is 1. The molecule has 0 aromatic heterocycles. The van der Waals surface area contributed by atoms with Crippen molar-refractivity contribution in [3.05, 3.63) is 35.9 Å². The zero-order chi connectivity index (χ0) is 15.1. The van der Waals surface area contributed by atoms with Crippen LogP contribution in [0.4, 0.5) is 4.79 Å². The molecule has 0 bridgehead atoms. The van der Waals surface area contributed by atoms with Crippen molar-refractivity contribution in [2.75, 3.05) is 5.88 Å². The predicted molar refractivity (Wildman–Crippen MR) is 81.3 cm³/mol. The van der Waals surface area contributed by atoms with E-state index in [1.165, 1.54) is 0 Å². The highest BCUT2D eigenvalue weighted by Crippen LogP contribution is 2.33. The van der Waals surface area contributed by atoms with E-state index < -0.39 is 11.6 Å². The van der Waals surface area contributed by atoms with Gasteiger partial charge in [0.15, 0.2) is 0 Å². The van der Waals surface area contributed by atoms with E-state index in [9.17, 15) is 9.59 Å². The van der Waals surface area contributed by atoms with Crippen LogP contribution in [-0.2, 0) is 16.1 Å². The fourth-order valence-electron chi connectivity index (χ4n) is 2.80. The van der Waals surface area contributed by atoms with E-state index in [0.717, 1.165) is 31.2 Å². The van der Waals surface area contributed by atoms with Crippen LogP contribution < -0.4 is 5.32 Å². The molecule has 1 N–H and O–H groups in total. The molecule has 0 radical (unpaired) electrons. The van der Waals surface area contributed by atoms with Crippen molar-refractivity contribution in [1.29, 1.82) is 0 Å². The summed E-state index contributed by atoms with van der Waals surface area (Å²) in [6, 6.07) is 9.50. The number of rotatable bonds is 6. The van der Waals surface area contributed by atoms with Crippen LogP contribution in [0.25, 0.3) is 0 Å². The van der Waals surface area contributed by atoms with Crippen LogP contribution in [0.15, 0.2) is 30.3 Å². The van der Waals surface area contributed by atoms with Crippen LogP contribution in [0.1, 0.15) is 37.7 Å². The molecule has 0 saturated heterocycles. The molecule has 21 heavy (non-hydrogen) atoms. The summed E-state index contributed by atoms with van der Waals surface area (Å²) >= 11 is 5.58. The molecule has 0 aliphatic heterocycles. The van der Waals surface area contributed by atoms with Crippen LogP contribution in [0.3, 0.4) is 0 Å². The molecule has 0 atom stereocenters. The number of carbonyl (C=O) groups excluding carboxylic acids is 2. The Morgan fingerprint density at radius 3 is 2.48 bits per heavy atom. The Bertz CT molecular complexity index is 484. The first-order chi connectivity index (χ1) is 10.1. The smallest absolute Gasteiger partial charge is 0.407 e. The van der Waals surface area contributed by atoms with Crippen molar-refractivity contribution in [3.8, 4) is 0 Å². The summed E-state index contributed by atoms with van der Waals surface area (Å²) in [6.07, 6.45) is 3.44. The zero-order valence-corrected chi connectivity index (χ0v) is 12.7. The fraction of sp³-hybridized carbons (Fsp3) is 0.500. The number of ketones is 1. The second kappa shape index (κ2) is 7.46. The SMILES string of the molecule is O=C(CCl)CC1(NC(=O)OCc2ccccc2)CCCC1. The molecule has 1 saturated carbocycles. The maximum atomic E-state index is 12.0. The topological polar surface area (TPSA) is 55.4 Å². The Balaban J connectivity index is 1.88. The minimum Gasteiger partial charge on any atom is -0.445 e. The van der Waals surface area contributed by atoms with Crippen LogP contribution >= 0.6 is 11.6 Å². The second-order valence-corrected chi connectivity index (χ2v) is 5.79. The number of carbonyl (C=O) groups is 2. The predicted octanol–water partition coefficient (Wildman–Crippen LogP) is 3.42. The van der Waals surface area contributed by atoms with Gasteiger partial charge in [0.25, 0.3) is 0 Å². The third-order valence-corrected chi connectivity index (χ3v) is 4.12. The summed E-state index contributed by atoms with van der Waals surface area (Å²) in [5.41, 5.74) is 0.463. The van der Waals surface area contributed by atoms with Gasteiger partial charge in [-0.25, -0.2) is 4.79 Å². The van der Waals surface area contributed by atoms with Gasteiger partial charge in [-0.3, -0.25) is 4.79 Å². The van der Waals surface area contributed by atoms with Gasteiger partial charge >= 0.3 is 6.09 Å². The Morgan fingerprint density at radius 1 is 1.19 bits per heavy atom. The van der Waals surface area contributed by atoms with Gasteiger partial charge in [-0.1, -0.05) is 43.2 Å². The van der Waals surface area contributed by atoms with Crippen LogP contribution in [0, 0.1) is 0 Å². The van der Waals surface area contributed by atoms with E-state index in [0.29, 0.717) is 0 Å². The van der Waals surface area contributed by atoms with Crippen molar-refractivity contribution >= 4 is 23.5 Å². The number of hydrogen-bond donors (Lipinski definition) is 1. The molecule has 0 heterocycles. The molecule has 5 heteroatoms. The molecule has 2 rings (SSSR count). The highest BCUT2D eigenvalue weighted by atomic mass is 35.5. The third kappa shape index (κ3) is 4.74. The van der Waals surface area contributed by atoms with E-state index in [1.807, 2.05) is 30.3 Å². The molecule has 114 valence electrons. The molecule has 1 aliphatic rings.